The van der Waals surface area contributed by atoms with Crippen LogP contribution in [0.2, 0.25) is 0 Å². The molecule has 0 aliphatic carbocycles. The zero-order chi connectivity index (χ0) is 28.6. The first kappa shape index (κ1) is 28.9. The van der Waals surface area contributed by atoms with E-state index in [0.29, 0.717) is 17.1 Å². The number of nitro benzene ring substituents is 1. The number of hydrogen-bond donors (Lipinski definition) is 1. The molecule has 0 aliphatic heterocycles. The van der Waals surface area contributed by atoms with Gasteiger partial charge in [0.15, 0.2) is 4.90 Å². The van der Waals surface area contributed by atoms with Crippen LogP contribution in [0.4, 0.5) is 11.4 Å². The SMILES string of the molecule is COc1ccc(N(CC(=O)N/N=C\c2ccc(OC(C)C)cc2)S(=O)(=O)c2ccccc2[N+](=O)[O-])c(OC)c1. The lowest BCUT2D eigenvalue weighted by molar-refractivity contribution is -0.387. The van der Waals surface area contributed by atoms with Crippen molar-refractivity contribution in [3.05, 3.63) is 82.4 Å². The van der Waals surface area contributed by atoms with Gasteiger partial charge >= 0.3 is 0 Å². The Labute approximate surface area is 226 Å². The van der Waals surface area contributed by atoms with Gasteiger partial charge in [0.25, 0.3) is 21.6 Å². The normalized spacial score (nSPS) is 11.3. The van der Waals surface area contributed by atoms with E-state index in [1.165, 1.54) is 50.8 Å². The van der Waals surface area contributed by atoms with Gasteiger partial charge in [-0.05, 0) is 61.9 Å². The van der Waals surface area contributed by atoms with Crippen LogP contribution in [0.15, 0.2) is 76.7 Å². The molecule has 0 saturated carbocycles. The van der Waals surface area contributed by atoms with Crippen molar-refractivity contribution < 1.29 is 32.3 Å². The highest BCUT2D eigenvalue weighted by Crippen LogP contribution is 2.37. The van der Waals surface area contributed by atoms with Crippen molar-refractivity contribution in [1.29, 1.82) is 0 Å². The van der Waals surface area contributed by atoms with Gasteiger partial charge in [-0.1, -0.05) is 12.1 Å². The summed E-state index contributed by atoms with van der Waals surface area (Å²) < 4.78 is 44.3. The number of benzene rings is 3. The van der Waals surface area contributed by atoms with Gasteiger partial charge in [0, 0.05) is 12.1 Å². The Hall–Kier alpha value is -4.65. The fraction of sp³-hybridized carbons (Fsp3) is 0.231. The quantitative estimate of drug-likeness (QED) is 0.201. The second-order valence-corrected chi connectivity index (χ2v) is 10.1. The van der Waals surface area contributed by atoms with Crippen LogP contribution in [0, 0.1) is 10.1 Å². The topological polar surface area (TPSA) is 150 Å². The zero-order valence-corrected chi connectivity index (χ0v) is 22.5. The number of rotatable bonds is 12. The average molecular weight is 557 g/mol. The smallest absolute Gasteiger partial charge is 0.289 e. The maximum Gasteiger partial charge on any atom is 0.289 e. The van der Waals surface area contributed by atoms with Crippen LogP contribution in [-0.4, -0.2) is 52.3 Å². The highest BCUT2D eigenvalue weighted by molar-refractivity contribution is 7.93. The molecule has 1 amide bonds. The van der Waals surface area contributed by atoms with E-state index in [-0.39, 0.29) is 17.5 Å². The van der Waals surface area contributed by atoms with E-state index in [4.69, 9.17) is 14.2 Å². The van der Waals surface area contributed by atoms with Gasteiger partial charge in [0.1, 0.15) is 23.8 Å². The molecule has 0 bridgehead atoms. The Kier molecular flexibility index (Phi) is 9.44. The van der Waals surface area contributed by atoms with Crippen LogP contribution in [0.3, 0.4) is 0 Å². The molecule has 12 nitrogen and oxygen atoms in total. The van der Waals surface area contributed by atoms with Crippen molar-refractivity contribution >= 4 is 33.5 Å². The summed E-state index contributed by atoms with van der Waals surface area (Å²) in [4.78, 5) is 23.0. The Morgan fingerprint density at radius 3 is 2.33 bits per heavy atom. The second-order valence-electron chi connectivity index (χ2n) is 8.30. The molecule has 0 aliphatic rings. The number of ether oxygens (including phenoxy) is 3. The summed E-state index contributed by atoms with van der Waals surface area (Å²) >= 11 is 0. The first-order chi connectivity index (χ1) is 18.6. The van der Waals surface area contributed by atoms with E-state index < -0.39 is 38.0 Å². The number of carbonyl (C=O) groups excluding carboxylic acids is 1. The molecule has 0 heterocycles. The number of hydrogen-bond acceptors (Lipinski definition) is 9. The number of hydrazone groups is 1. The van der Waals surface area contributed by atoms with E-state index in [0.717, 1.165) is 16.4 Å². The van der Waals surface area contributed by atoms with Gasteiger partial charge < -0.3 is 14.2 Å². The second kappa shape index (κ2) is 12.7. The van der Waals surface area contributed by atoms with Gasteiger partial charge in [0.2, 0.25) is 0 Å². The van der Waals surface area contributed by atoms with E-state index in [1.54, 1.807) is 24.3 Å². The van der Waals surface area contributed by atoms with Gasteiger partial charge in [-0.25, -0.2) is 13.8 Å². The van der Waals surface area contributed by atoms with Crippen LogP contribution >= 0.6 is 0 Å². The minimum atomic E-state index is -4.62. The molecule has 3 aromatic rings. The standard InChI is InChI=1S/C26H28N4O8S/c1-18(2)38-20-11-9-19(10-12-20)16-27-28-26(31)17-29(22-14-13-21(36-3)15-24(22)37-4)39(34,35)25-8-6-5-7-23(25)30(32)33/h5-16,18H,17H2,1-4H3,(H,28,31)/b27-16-. The van der Waals surface area contributed by atoms with Gasteiger partial charge in [-0.15, -0.1) is 0 Å². The molecule has 0 aromatic heterocycles. The lowest BCUT2D eigenvalue weighted by atomic mass is 10.2. The van der Waals surface area contributed by atoms with E-state index >= 15 is 0 Å². The van der Waals surface area contributed by atoms with Crippen molar-refractivity contribution in [2.75, 3.05) is 25.1 Å². The van der Waals surface area contributed by atoms with Gasteiger partial charge in [-0.3, -0.25) is 19.2 Å². The number of sulfonamides is 1. The predicted octanol–water partition coefficient (Wildman–Crippen LogP) is 3.74. The number of anilines is 1. The fourth-order valence-electron chi connectivity index (χ4n) is 3.48. The number of nitro groups is 1. The highest BCUT2D eigenvalue weighted by Gasteiger charge is 2.34. The lowest BCUT2D eigenvalue weighted by Gasteiger charge is -2.25. The Morgan fingerprint density at radius 1 is 1.05 bits per heavy atom. The van der Waals surface area contributed by atoms with Crippen molar-refractivity contribution in [3.63, 3.8) is 0 Å². The Balaban J connectivity index is 1.92. The van der Waals surface area contributed by atoms with Crippen LogP contribution in [0.5, 0.6) is 17.2 Å². The first-order valence-corrected chi connectivity index (χ1v) is 13.1. The van der Waals surface area contributed by atoms with Crippen molar-refractivity contribution in [1.82, 2.24) is 5.43 Å². The van der Waals surface area contributed by atoms with Crippen LogP contribution in [0.25, 0.3) is 0 Å². The molecule has 1 N–H and O–H groups in total. The van der Waals surface area contributed by atoms with Crippen LogP contribution in [0.1, 0.15) is 19.4 Å². The maximum atomic E-state index is 13.7. The monoisotopic (exact) mass is 556 g/mol. The van der Waals surface area contributed by atoms with Crippen molar-refractivity contribution in [3.8, 4) is 17.2 Å². The fourth-order valence-corrected chi connectivity index (χ4v) is 5.08. The number of methoxy groups -OCH3 is 2. The molecule has 3 aromatic carbocycles. The summed E-state index contributed by atoms with van der Waals surface area (Å²) in [5.41, 5.74) is 2.28. The molecule has 0 spiro atoms. The van der Waals surface area contributed by atoms with Crippen LogP contribution < -0.4 is 23.9 Å². The number of nitrogens with one attached hydrogen (secondary N) is 1. The number of carbonyl (C=O) groups is 1. The third kappa shape index (κ3) is 7.23. The molecule has 13 heteroatoms. The maximum absolute atomic E-state index is 13.7. The van der Waals surface area contributed by atoms with Crippen LogP contribution in [-0.2, 0) is 14.8 Å². The molecule has 3 rings (SSSR count). The minimum absolute atomic E-state index is 0.0182. The summed E-state index contributed by atoms with van der Waals surface area (Å²) in [7, 11) is -1.89. The van der Waals surface area contributed by atoms with E-state index in [9.17, 15) is 23.3 Å². The molecule has 0 atom stereocenters. The molecule has 0 radical (unpaired) electrons. The first-order valence-electron chi connectivity index (χ1n) is 11.6. The summed E-state index contributed by atoms with van der Waals surface area (Å²) in [5.74, 6) is 0.315. The summed E-state index contributed by atoms with van der Waals surface area (Å²) in [6.45, 7) is 3.06. The highest BCUT2D eigenvalue weighted by atomic mass is 32.2. The van der Waals surface area contributed by atoms with E-state index in [2.05, 4.69) is 10.5 Å². The molecule has 39 heavy (non-hydrogen) atoms. The molecule has 206 valence electrons. The minimum Gasteiger partial charge on any atom is -0.497 e. The summed E-state index contributed by atoms with van der Waals surface area (Å²) in [5, 5.41) is 15.5. The largest absolute Gasteiger partial charge is 0.497 e. The number of nitrogens with zero attached hydrogens (tertiary/aromatic N) is 3. The molecule has 0 unspecified atom stereocenters. The third-order valence-electron chi connectivity index (χ3n) is 5.23. The van der Waals surface area contributed by atoms with Gasteiger partial charge in [-0.2, -0.15) is 5.10 Å². The Bertz CT molecular complexity index is 1460. The Morgan fingerprint density at radius 2 is 1.72 bits per heavy atom. The number of para-hydroxylation sites is 1. The van der Waals surface area contributed by atoms with E-state index in [1.807, 2.05) is 13.8 Å². The van der Waals surface area contributed by atoms with Crippen molar-refractivity contribution in [2.45, 2.75) is 24.8 Å². The van der Waals surface area contributed by atoms with Crippen molar-refractivity contribution in [2.24, 2.45) is 5.10 Å². The molecular formula is C26H28N4O8S. The molecule has 0 fully saturated rings. The molecular weight excluding hydrogens is 528 g/mol. The summed E-state index contributed by atoms with van der Waals surface area (Å²) in [6.07, 6.45) is 1.40. The lowest BCUT2D eigenvalue weighted by Crippen LogP contribution is -2.40. The zero-order valence-electron chi connectivity index (χ0n) is 21.7. The molecule has 0 saturated heterocycles. The summed E-state index contributed by atoms with van der Waals surface area (Å²) in [6, 6.07) is 16.1. The van der Waals surface area contributed by atoms with Gasteiger partial charge in [0.05, 0.1) is 37.1 Å². The average Bonchev–Trinajstić information content (AvgIpc) is 2.92. The predicted molar refractivity (Wildman–Crippen MR) is 145 cm³/mol. The third-order valence-corrected chi connectivity index (χ3v) is 7.03. The number of amides is 1.